The van der Waals surface area contributed by atoms with Gasteiger partial charge in [0.1, 0.15) is 17.3 Å². The van der Waals surface area contributed by atoms with Crippen molar-refractivity contribution in [3.63, 3.8) is 0 Å². The molecule has 7 nitrogen and oxygen atoms in total. The van der Waals surface area contributed by atoms with E-state index in [4.69, 9.17) is 0 Å². The second-order valence-corrected chi connectivity index (χ2v) is 8.39. The van der Waals surface area contributed by atoms with E-state index in [1.165, 1.54) is 11.8 Å². The van der Waals surface area contributed by atoms with E-state index < -0.39 is 17.5 Å². The third-order valence-electron chi connectivity index (χ3n) is 4.96. The highest BCUT2D eigenvalue weighted by Crippen LogP contribution is 2.32. The molecule has 2 heterocycles. The topological polar surface area (TPSA) is 77.6 Å². The Morgan fingerprint density at radius 3 is 2.61 bits per heavy atom. The summed E-state index contributed by atoms with van der Waals surface area (Å²) in [6.07, 6.45) is 1.89. The van der Waals surface area contributed by atoms with Crippen molar-refractivity contribution in [2.75, 3.05) is 11.1 Å². The number of halogens is 2. The van der Waals surface area contributed by atoms with Crippen LogP contribution in [0.15, 0.2) is 53.8 Å². The fourth-order valence-electron chi connectivity index (χ4n) is 3.37. The standard InChI is InChI=1S/C23H22F2N6OS/c1-4-31-22(17-12-30(3)29-21(17)15-7-5-14(2)6-8-15)27-28-23(31)33-13-20(32)26-19-11-16(24)9-10-18(19)25/h5-12H,4,13H2,1-3H3,(H,26,32). The molecule has 0 saturated carbocycles. The Bertz CT molecular complexity index is 1300. The molecule has 2 aromatic heterocycles. The number of aryl methyl sites for hydroxylation is 2. The number of carbonyl (C=O) groups is 1. The van der Waals surface area contributed by atoms with E-state index in [1.807, 2.05) is 55.9 Å². The molecule has 4 rings (SSSR count). The Balaban J connectivity index is 1.55. The van der Waals surface area contributed by atoms with Gasteiger partial charge >= 0.3 is 0 Å². The monoisotopic (exact) mass is 468 g/mol. The Morgan fingerprint density at radius 1 is 1.12 bits per heavy atom. The molecule has 0 saturated heterocycles. The van der Waals surface area contributed by atoms with Crippen LogP contribution in [0.1, 0.15) is 12.5 Å². The number of hydrogen-bond acceptors (Lipinski definition) is 5. The average molecular weight is 469 g/mol. The lowest BCUT2D eigenvalue weighted by Gasteiger charge is -2.09. The zero-order valence-corrected chi connectivity index (χ0v) is 19.2. The summed E-state index contributed by atoms with van der Waals surface area (Å²) in [6.45, 7) is 4.56. The molecule has 0 fully saturated rings. The van der Waals surface area contributed by atoms with Crippen molar-refractivity contribution >= 4 is 23.4 Å². The summed E-state index contributed by atoms with van der Waals surface area (Å²) in [5, 5.41) is 16.2. The Hall–Kier alpha value is -3.53. The average Bonchev–Trinajstić information content (AvgIpc) is 3.38. The van der Waals surface area contributed by atoms with Gasteiger partial charge in [-0.05, 0) is 26.0 Å². The second-order valence-electron chi connectivity index (χ2n) is 7.44. The van der Waals surface area contributed by atoms with E-state index in [-0.39, 0.29) is 11.4 Å². The van der Waals surface area contributed by atoms with Crippen molar-refractivity contribution in [2.45, 2.75) is 25.5 Å². The van der Waals surface area contributed by atoms with Gasteiger partial charge in [-0.3, -0.25) is 9.48 Å². The van der Waals surface area contributed by atoms with Gasteiger partial charge in [0.2, 0.25) is 5.91 Å². The van der Waals surface area contributed by atoms with Gasteiger partial charge in [0.05, 0.1) is 17.0 Å². The summed E-state index contributed by atoms with van der Waals surface area (Å²) in [5.74, 6) is -1.20. The van der Waals surface area contributed by atoms with Crippen molar-refractivity contribution in [1.29, 1.82) is 0 Å². The maximum Gasteiger partial charge on any atom is 0.234 e. The lowest BCUT2D eigenvalue weighted by atomic mass is 10.1. The molecule has 0 aliphatic rings. The number of nitrogens with one attached hydrogen (secondary N) is 1. The van der Waals surface area contributed by atoms with Gasteiger partial charge in [-0.15, -0.1) is 10.2 Å². The number of benzene rings is 2. The van der Waals surface area contributed by atoms with Gasteiger partial charge < -0.3 is 9.88 Å². The molecule has 170 valence electrons. The SMILES string of the molecule is CCn1c(SCC(=O)Nc2cc(F)ccc2F)nnc1-c1cn(C)nc1-c1ccc(C)cc1. The predicted molar refractivity (Wildman–Crippen MR) is 124 cm³/mol. The molecule has 2 aromatic carbocycles. The molecule has 10 heteroatoms. The van der Waals surface area contributed by atoms with Crippen LogP contribution in [0.5, 0.6) is 0 Å². The number of hydrogen-bond donors (Lipinski definition) is 1. The highest BCUT2D eigenvalue weighted by atomic mass is 32.2. The first-order chi connectivity index (χ1) is 15.9. The first-order valence-electron chi connectivity index (χ1n) is 10.3. The van der Waals surface area contributed by atoms with Crippen molar-refractivity contribution in [3.05, 3.63) is 65.9 Å². The van der Waals surface area contributed by atoms with Crippen LogP contribution in [0.25, 0.3) is 22.6 Å². The summed E-state index contributed by atoms with van der Waals surface area (Å²) >= 11 is 1.17. The molecular weight excluding hydrogens is 446 g/mol. The number of amides is 1. The minimum Gasteiger partial charge on any atom is -0.323 e. The van der Waals surface area contributed by atoms with Gasteiger partial charge in [0.15, 0.2) is 11.0 Å². The van der Waals surface area contributed by atoms with Crippen LogP contribution >= 0.6 is 11.8 Å². The van der Waals surface area contributed by atoms with Crippen molar-refractivity contribution in [3.8, 4) is 22.6 Å². The maximum absolute atomic E-state index is 13.8. The Kier molecular flexibility index (Phi) is 6.55. The number of aromatic nitrogens is 5. The van der Waals surface area contributed by atoms with E-state index in [1.54, 1.807) is 4.68 Å². The molecule has 0 radical (unpaired) electrons. The fourth-order valence-corrected chi connectivity index (χ4v) is 4.17. The largest absolute Gasteiger partial charge is 0.323 e. The molecule has 4 aromatic rings. The molecule has 0 atom stereocenters. The molecule has 1 N–H and O–H groups in total. The van der Waals surface area contributed by atoms with E-state index in [0.717, 1.165) is 40.6 Å². The summed E-state index contributed by atoms with van der Waals surface area (Å²) in [5.41, 5.74) is 3.54. The van der Waals surface area contributed by atoms with Crippen molar-refractivity contribution in [1.82, 2.24) is 24.5 Å². The van der Waals surface area contributed by atoms with Crippen LogP contribution < -0.4 is 5.32 Å². The predicted octanol–water partition coefficient (Wildman–Crippen LogP) is 4.68. The number of carbonyl (C=O) groups excluding carboxylic acids is 1. The molecular formula is C23H22F2N6OS. The van der Waals surface area contributed by atoms with Crippen LogP contribution in [0, 0.1) is 18.6 Å². The van der Waals surface area contributed by atoms with Gasteiger partial charge in [0, 0.05) is 31.4 Å². The quantitative estimate of drug-likeness (QED) is 0.399. The van der Waals surface area contributed by atoms with Gasteiger partial charge in [0.25, 0.3) is 0 Å². The Labute approximate surface area is 193 Å². The van der Waals surface area contributed by atoms with Crippen LogP contribution in [0.2, 0.25) is 0 Å². The molecule has 0 aliphatic heterocycles. The first-order valence-corrected chi connectivity index (χ1v) is 11.3. The molecule has 0 unspecified atom stereocenters. The third-order valence-corrected chi connectivity index (χ3v) is 5.93. The van der Waals surface area contributed by atoms with Crippen molar-refractivity contribution < 1.29 is 13.6 Å². The number of thioether (sulfide) groups is 1. The van der Waals surface area contributed by atoms with Crippen LogP contribution in [0.3, 0.4) is 0 Å². The smallest absolute Gasteiger partial charge is 0.234 e. The third kappa shape index (κ3) is 4.95. The number of anilines is 1. The van der Waals surface area contributed by atoms with E-state index >= 15 is 0 Å². The summed E-state index contributed by atoms with van der Waals surface area (Å²) in [7, 11) is 1.85. The number of rotatable bonds is 7. The molecule has 0 aliphatic carbocycles. The van der Waals surface area contributed by atoms with Crippen LogP contribution in [0.4, 0.5) is 14.5 Å². The lowest BCUT2D eigenvalue weighted by Crippen LogP contribution is -2.15. The van der Waals surface area contributed by atoms with Crippen LogP contribution in [-0.2, 0) is 18.4 Å². The molecule has 0 spiro atoms. The number of nitrogens with zero attached hydrogens (tertiary/aromatic N) is 5. The minimum atomic E-state index is -0.700. The van der Waals surface area contributed by atoms with E-state index in [0.29, 0.717) is 17.5 Å². The fraction of sp³-hybridized carbons (Fsp3) is 0.217. The van der Waals surface area contributed by atoms with E-state index in [9.17, 15) is 13.6 Å². The van der Waals surface area contributed by atoms with Gasteiger partial charge in [-0.2, -0.15) is 5.10 Å². The molecule has 0 bridgehead atoms. The molecule has 1 amide bonds. The maximum atomic E-state index is 13.8. The zero-order chi connectivity index (χ0) is 23.5. The second kappa shape index (κ2) is 9.53. The summed E-state index contributed by atoms with van der Waals surface area (Å²) < 4.78 is 30.7. The first kappa shape index (κ1) is 22.7. The minimum absolute atomic E-state index is 0.0358. The normalized spacial score (nSPS) is 11.1. The van der Waals surface area contributed by atoms with Gasteiger partial charge in [-0.1, -0.05) is 41.6 Å². The lowest BCUT2D eigenvalue weighted by molar-refractivity contribution is -0.113. The van der Waals surface area contributed by atoms with Gasteiger partial charge in [-0.25, -0.2) is 8.78 Å². The summed E-state index contributed by atoms with van der Waals surface area (Å²) in [6, 6.07) is 11.0. The summed E-state index contributed by atoms with van der Waals surface area (Å²) in [4.78, 5) is 12.3. The Morgan fingerprint density at radius 2 is 1.88 bits per heavy atom. The van der Waals surface area contributed by atoms with E-state index in [2.05, 4.69) is 20.6 Å². The zero-order valence-electron chi connectivity index (χ0n) is 18.3. The van der Waals surface area contributed by atoms with Crippen LogP contribution in [-0.4, -0.2) is 36.2 Å². The highest BCUT2D eigenvalue weighted by molar-refractivity contribution is 7.99. The van der Waals surface area contributed by atoms with Crippen molar-refractivity contribution in [2.24, 2.45) is 7.05 Å². The highest BCUT2D eigenvalue weighted by Gasteiger charge is 2.20. The molecule has 33 heavy (non-hydrogen) atoms.